The molecule has 1 aromatic rings. The Morgan fingerprint density at radius 2 is 1.90 bits per heavy atom. The Morgan fingerprint density at radius 3 is 2.60 bits per heavy atom. The third-order valence-corrected chi connectivity index (χ3v) is 8.09. The number of rotatable bonds is 4. The van der Waals surface area contributed by atoms with Gasteiger partial charge in [-0.2, -0.15) is 0 Å². The zero-order valence-electron chi connectivity index (χ0n) is 22.8. The van der Waals surface area contributed by atoms with E-state index in [0.29, 0.717) is 17.9 Å². The average molecular weight is 554 g/mol. The minimum atomic E-state index is -1.46. The van der Waals surface area contributed by atoms with Crippen molar-refractivity contribution in [2.75, 3.05) is 31.7 Å². The second-order valence-corrected chi connectivity index (χ2v) is 10.7. The first-order valence-electron chi connectivity index (χ1n) is 13.6. The molecule has 1 aromatic carbocycles. The number of methoxy groups -OCH3 is 1. The maximum Gasteiger partial charge on any atom is 0.313 e. The highest BCUT2D eigenvalue weighted by Gasteiger charge is 2.72. The number of nitrogens with one attached hydrogen (secondary N) is 1. The van der Waals surface area contributed by atoms with E-state index in [0.717, 1.165) is 0 Å². The Morgan fingerprint density at radius 1 is 1.15 bits per heavy atom. The van der Waals surface area contributed by atoms with Crippen LogP contribution >= 0.6 is 0 Å². The Balaban J connectivity index is 1.59. The van der Waals surface area contributed by atoms with Crippen LogP contribution in [-0.2, 0) is 28.7 Å². The summed E-state index contributed by atoms with van der Waals surface area (Å²) >= 11 is 0. The highest BCUT2D eigenvalue weighted by atomic mass is 16.6. The lowest BCUT2D eigenvalue weighted by atomic mass is 9.78. The highest BCUT2D eigenvalue weighted by molar-refractivity contribution is 6.05. The molecule has 214 valence electrons. The molecule has 0 aliphatic carbocycles. The van der Waals surface area contributed by atoms with Gasteiger partial charge in [-0.15, -0.1) is 0 Å². The number of likely N-dealkylation sites (tertiary alicyclic amines) is 1. The molecule has 5 rings (SSSR count). The number of amides is 3. The lowest BCUT2D eigenvalue weighted by Gasteiger charge is -2.37. The number of esters is 1. The summed E-state index contributed by atoms with van der Waals surface area (Å²) in [4.78, 5) is 57.1. The number of hydrogen-bond acceptors (Lipinski definition) is 8. The largest absolute Gasteiger partial charge is 0.497 e. The molecule has 0 unspecified atom stereocenters. The van der Waals surface area contributed by atoms with E-state index in [1.165, 1.54) is 4.90 Å². The molecule has 4 aliphatic heterocycles. The van der Waals surface area contributed by atoms with Gasteiger partial charge in [0.15, 0.2) is 0 Å². The monoisotopic (exact) mass is 553 g/mol. The zero-order valence-corrected chi connectivity index (χ0v) is 22.8. The molecule has 2 N–H and O–H groups in total. The third kappa shape index (κ3) is 4.66. The van der Waals surface area contributed by atoms with Crippen molar-refractivity contribution in [1.82, 2.24) is 10.2 Å². The number of ether oxygens (including phenoxy) is 3. The molecule has 1 spiro atoms. The minimum absolute atomic E-state index is 0.141. The van der Waals surface area contributed by atoms with E-state index < -0.39 is 53.6 Å². The van der Waals surface area contributed by atoms with Crippen LogP contribution in [0.1, 0.15) is 26.7 Å². The SMILES string of the molecule is COc1ccc(N2CC=C[C@]34O[C@@H]5/C=C\CCC(=O)NC[C@@H](C)OC(=O)[C@@H]5[C@H]3C(=O)N([C@H](C)CO)[C@@H]4C2=O)cc1. The van der Waals surface area contributed by atoms with Crippen molar-refractivity contribution in [2.24, 2.45) is 11.8 Å². The molecule has 4 heterocycles. The normalized spacial score (nSPS) is 34.0. The summed E-state index contributed by atoms with van der Waals surface area (Å²) in [7, 11) is 1.56. The van der Waals surface area contributed by atoms with Gasteiger partial charge in [0.2, 0.25) is 11.8 Å². The Bertz CT molecular complexity index is 1230. The molecular formula is C29H35N3O8. The Hall–Kier alpha value is -3.70. The van der Waals surface area contributed by atoms with Crippen molar-refractivity contribution in [3.05, 3.63) is 48.6 Å². The fourth-order valence-corrected chi connectivity index (χ4v) is 6.16. The zero-order chi connectivity index (χ0) is 28.6. The molecule has 2 fully saturated rings. The van der Waals surface area contributed by atoms with Crippen LogP contribution in [-0.4, -0.2) is 90.4 Å². The summed E-state index contributed by atoms with van der Waals surface area (Å²) in [6.07, 6.45) is 6.14. The smallest absolute Gasteiger partial charge is 0.313 e. The van der Waals surface area contributed by atoms with Gasteiger partial charge >= 0.3 is 5.97 Å². The van der Waals surface area contributed by atoms with Gasteiger partial charge in [0.05, 0.1) is 38.3 Å². The molecule has 11 heteroatoms. The van der Waals surface area contributed by atoms with Crippen LogP contribution in [0.5, 0.6) is 5.75 Å². The molecular weight excluding hydrogens is 518 g/mol. The first-order valence-corrected chi connectivity index (χ1v) is 13.6. The number of cyclic esters (lactones) is 1. The number of carbonyl (C=O) groups excluding carboxylic acids is 4. The maximum atomic E-state index is 14.3. The molecule has 2 saturated heterocycles. The fourth-order valence-electron chi connectivity index (χ4n) is 6.16. The van der Waals surface area contributed by atoms with E-state index in [1.54, 1.807) is 74.4 Å². The molecule has 7 atom stereocenters. The summed E-state index contributed by atoms with van der Waals surface area (Å²) < 4.78 is 17.5. The number of aliphatic hydroxyl groups excluding tert-OH is 1. The molecule has 0 radical (unpaired) electrons. The predicted octanol–water partition coefficient (Wildman–Crippen LogP) is 0.958. The number of carbonyl (C=O) groups is 4. The lowest BCUT2D eigenvalue weighted by Crippen LogP contribution is -2.57. The molecule has 0 saturated carbocycles. The van der Waals surface area contributed by atoms with Gasteiger partial charge in [0, 0.05) is 18.7 Å². The molecule has 4 aliphatic rings. The van der Waals surface area contributed by atoms with Crippen LogP contribution in [0.2, 0.25) is 0 Å². The Kier molecular flexibility index (Phi) is 7.70. The van der Waals surface area contributed by atoms with Crippen molar-refractivity contribution in [1.29, 1.82) is 0 Å². The lowest BCUT2D eigenvalue weighted by molar-refractivity contribution is -0.159. The van der Waals surface area contributed by atoms with E-state index in [2.05, 4.69) is 5.32 Å². The van der Waals surface area contributed by atoms with E-state index in [9.17, 15) is 24.3 Å². The molecule has 0 bridgehead atoms. The molecule has 11 nitrogen and oxygen atoms in total. The third-order valence-electron chi connectivity index (χ3n) is 8.09. The first-order chi connectivity index (χ1) is 19.2. The minimum Gasteiger partial charge on any atom is -0.497 e. The quantitative estimate of drug-likeness (QED) is 0.416. The number of benzene rings is 1. The summed E-state index contributed by atoms with van der Waals surface area (Å²) in [6, 6.07) is 5.18. The van der Waals surface area contributed by atoms with Gasteiger partial charge in [-0.05, 0) is 44.5 Å². The molecule has 0 aromatic heterocycles. The van der Waals surface area contributed by atoms with Gasteiger partial charge in [-0.25, -0.2) is 0 Å². The van der Waals surface area contributed by atoms with Crippen LogP contribution in [0.25, 0.3) is 0 Å². The standard InChI is InChI=1S/C29H35N3O8/c1-17(16-33)32-25-27(36)31(19-9-11-20(38-3)12-10-19)14-6-13-29(25)24(26(32)35)23-21(40-29)7-4-5-8-22(34)30-15-18(2)39-28(23)37/h4,6-7,9-13,17-18,21,23-25,33H,5,8,14-16H2,1-3H3,(H,30,34)/b7-4-/t17-,18-,21-,23+,24+,25-,29+/m1/s1. The summed E-state index contributed by atoms with van der Waals surface area (Å²) in [5.74, 6) is -3.07. The van der Waals surface area contributed by atoms with Gasteiger partial charge in [0.1, 0.15) is 29.4 Å². The maximum absolute atomic E-state index is 14.3. The predicted molar refractivity (Wildman–Crippen MR) is 143 cm³/mol. The number of aliphatic hydroxyl groups is 1. The van der Waals surface area contributed by atoms with E-state index >= 15 is 0 Å². The van der Waals surface area contributed by atoms with E-state index in [4.69, 9.17) is 14.2 Å². The summed E-state index contributed by atoms with van der Waals surface area (Å²) in [5, 5.41) is 12.8. The van der Waals surface area contributed by atoms with Crippen LogP contribution in [0.3, 0.4) is 0 Å². The molecule has 40 heavy (non-hydrogen) atoms. The number of hydrogen-bond donors (Lipinski definition) is 2. The number of fused-ring (bicyclic) bond motifs is 2. The van der Waals surface area contributed by atoms with Gasteiger partial charge in [0.25, 0.3) is 5.91 Å². The summed E-state index contributed by atoms with van der Waals surface area (Å²) in [5.41, 5.74) is -0.857. The number of anilines is 1. The first kappa shape index (κ1) is 27.9. The van der Waals surface area contributed by atoms with Crippen LogP contribution in [0.15, 0.2) is 48.6 Å². The topological polar surface area (TPSA) is 135 Å². The van der Waals surface area contributed by atoms with Crippen molar-refractivity contribution in [3.63, 3.8) is 0 Å². The van der Waals surface area contributed by atoms with Crippen LogP contribution in [0, 0.1) is 11.8 Å². The van der Waals surface area contributed by atoms with Gasteiger partial charge in [-0.3, -0.25) is 19.2 Å². The van der Waals surface area contributed by atoms with Crippen LogP contribution in [0.4, 0.5) is 5.69 Å². The van der Waals surface area contributed by atoms with E-state index in [-0.39, 0.29) is 37.9 Å². The fraction of sp³-hybridized carbons (Fsp3) is 0.517. The van der Waals surface area contributed by atoms with Crippen molar-refractivity contribution in [3.8, 4) is 5.75 Å². The summed E-state index contributed by atoms with van der Waals surface area (Å²) in [6.45, 7) is 3.31. The van der Waals surface area contributed by atoms with Gasteiger partial charge < -0.3 is 34.4 Å². The van der Waals surface area contributed by atoms with Crippen molar-refractivity contribution < 1.29 is 38.5 Å². The average Bonchev–Trinajstić information content (AvgIpc) is 3.34. The number of nitrogens with zero attached hydrogens (tertiary/aromatic N) is 2. The Labute approximate surface area is 232 Å². The van der Waals surface area contributed by atoms with Crippen molar-refractivity contribution in [2.45, 2.75) is 56.6 Å². The van der Waals surface area contributed by atoms with E-state index in [1.807, 2.05) is 0 Å². The highest BCUT2D eigenvalue weighted by Crippen LogP contribution is 2.53. The second kappa shape index (κ2) is 11.1. The van der Waals surface area contributed by atoms with Crippen LogP contribution < -0.4 is 15.0 Å². The van der Waals surface area contributed by atoms with Gasteiger partial charge in [-0.1, -0.05) is 24.3 Å². The molecule has 3 amide bonds. The van der Waals surface area contributed by atoms with Crippen molar-refractivity contribution >= 4 is 29.4 Å². The number of allylic oxidation sites excluding steroid dienone is 1. The second-order valence-electron chi connectivity index (χ2n) is 10.7.